The number of carboxylic acids is 1. The summed E-state index contributed by atoms with van der Waals surface area (Å²) in [5.41, 5.74) is 2.60. The molecule has 1 aromatic heterocycles. The molecule has 0 unspecified atom stereocenters. The number of aromatic nitrogens is 1. The van der Waals surface area contributed by atoms with E-state index in [4.69, 9.17) is 5.26 Å². The lowest BCUT2D eigenvalue weighted by Gasteiger charge is -2.27. The van der Waals surface area contributed by atoms with E-state index in [0.29, 0.717) is 18.5 Å². The van der Waals surface area contributed by atoms with Crippen LogP contribution in [0.5, 0.6) is 0 Å². The minimum Gasteiger partial charge on any atom is -0.478 e. The van der Waals surface area contributed by atoms with E-state index >= 15 is 0 Å². The van der Waals surface area contributed by atoms with Gasteiger partial charge in [0.25, 0.3) is 5.91 Å². The molecule has 136 valence electrons. The second-order valence-electron chi connectivity index (χ2n) is 6.18. The van der Waals surface area contributed by atoms with Crippen LogP contribution in [0.4, 0.5) is 11.5 Å². The minimum atomic E-state index is -1.21. The van der Waals surface area contributed by atoms with E-state index in [-0.39, 0.29) is 22.7 Å². The van der Waals surface area contributed by atoms with Crippen LogP contribution in [0, 0.1) is 18.3 Å². The van der Waals surface area contributed by atoms with E-state index < -0.39 is 5.97 Å². The van der Waals surface area contributed by atoms with Gasteiger partial charge in [-0.05, 0) is 43.7 Å². The number of carboxylic acid groups (broad SMARTS) is 1. The molecular formula is C20H18N4O3. The fourth-order valence-electron chi connectivity index (χ4n) is 2.94. The Kier molecular flexibility index (Phi) is 4.90. The summed E-state index contributed by atoms with van der Waals surface area (Å²) in [6.45, 7) is 4.53. The monoisotopic (exact) mass is 362 g/mol. The van der Waals surface area contributed by atoms with E-state index in [1.165, 1.54) is 18.2 Å². The molecule has 0 aliphatic carbocycles. The number of aromatic carboxylic acids is 1. The Morgan fingerprint density at radius 1 is 1.33 bits per heavy atom. The number of hydrogen-bond acceptors (Lipinski definition) is 5. The van der Waals surface area contributed by atoms with Crippen molar-refractivity contribution in [2.45, 2.75) is 20.3 Å². The van der Waals surface area contributed by atoms with Crippen LogP contribution in [0.1, 0.15) is 34.1 Å². The van der Waals surface area contributed by atoms with Crippen LogP contribution in [0.25, 0.3) is 0 Å². The first-order valence-electron chi connectivity index (χ1n) is 8.45. The summed E-state index contributed by atoms with van der Waals surface area (Å²) in [5, 5.41) is 20.9. The van der Waals surface area contributed by atoms with Gasteiger partial charge in [-0.25, -0.2) is 9.78 Å². The highest BCUT2D eigenvalue weighted by Gasteiger charge is 2.23. The Balaban J connectivity index is 1.90. The first kappa shape index (κ1) is 18.1. The number of anilines is 2. The SMILES string of the molecule is CCN1C=C(C(=O)Nc2ccc(C#N)cc2C(=O)O)Cc2ccc(C)nc21. The molecule has 1 aromatic carbocycles. The summed E-state index contributed by atoms with van der Waals surface area (Å²) in [4.78, 5) is 30.6. The lowest BCUT2D eigenvalue weighted by atomic mass is 10.0. The summed E-state index contributed by atoms with van der Waals surface area (Å²) < 4.78 is 0. The highest BCUT2D eigenvalue weighted by Crippen LogP contribution is 2.28. The number of nitriles is 1. The van der Waals surface area contributed by atoms with Gasteiger partial charge in [0.2, 0.25) is 0 Å². The van der Waals surface area contributed by atoms with Crippen molar-refractivity contribution in [2.24, 2.45) is 0 Å². The second kappa shape index (κ2) is 7.30. The minimum absolute atomic E-state index is 0.121. The first-order chi connectivity index (χ1) is 12.9. The van der Waals surface area contributed by atoms with Crippen LogP contribution in [-0.4, -0.2) is 28.5 Å². The molecule has 7 nitrogen and oxygen atoms in total. The zero-order valence-corrected chi connectivity index (χ0v) is 15.0. The predicted octanol–water partition coefficient (Wildman–Crippen LogP) is 2.86. The standard InChI is InChI=1S/C20H18N4O3/c1-3-24-11-15(9-14-6-4-12(2)22-18(14)24)19(25)23-17-7-5-13(10-21)8-16(17)20(26)27/h4-8,11H,3,9H2,1-2H3,(H,23,25)(H,26,27). The fourth-order valence-corrected chi connectivity index (χ4v) is 2.94. The van der Waals surface area contributed by atoms with Gasteiger partial charge in [-0.15, -0.1) is 0 Å². The Bertz CT molecular complexity index is 1000. The number of carbonyl (C=O) groups is 2. The summed E-state index contributed by atoms with van der Waals surface area (Å²) in [6.07, 6.45) is 2.15. The lowest BCUT2D eigenvalue weighted by Crippen LogP contribution is -2.28. The smallest absolute Gasteiger partial charge is 0.337 e. The third-order valence-corrected chi connectivity index (χ3v) is 4.32. The molecule has 0 fully saturated rings. The zero-order chi connectivity index (χ0) is 19.6. The number of aryl methyl sites for hydroxylation is 1. The van der Waals surface area contributed by atoms with Crippen molar-refractivity contribution in [2.75, 3.05) is 16.8 Å². The number of nitrogens with zero attached hydrogens (tertiary/aromatic N) is 3. The van der Waals surface area contributed by atoms with E-state index in [1.807, 2.05) is 36.9 Å². The van der Waals surface area contributed by atoms with Gasteiger partial charge in [0.1, 0.15) is 5.82 Å². The van der Waals surface area contributed by atoms with Crippen molar-refractivity contribution < 1.29 is 14.7 Å². The molecular weight excluding hydrogens is 344 g/mol. The molecule has 27 heavy (non-hydrogen) atoms. The number of carbonyl (C=O) groups excluding carboxylic acids is 1. The van der Waals surface area contributed by atoms with Crippen LogP contribution in [-0.2, 0) is 11.2 Å². The van der Waals surface area contributed by atoms with Crippen molar-refractivity contribution in [1.29, 1.82) is 5.26 Å². The molecule has 0 atom stereocenters. The van der Waals surface area contributed by atoms with E-state index in [9.17, 15) is 14.7 Å². The van der Waals surface area contributed by atoms with Crippen molar-refractivity contribution in [3.8, 4) is 6.07 Å². The number of rotatable bonds is 4. The summed E-state index contributed by atoms with van der Waals surface area (Å²) in [6, 6.07) is 9.89. The van der Waals surface area contributed by atoms with Crippen LogP contribution in [0.2, 0.25) is 0 Å². The average molecular weight is 362 g/mol. The molecule has 2 N–H and O–H groups in total. The Labute approximate surface area is 156 Å². The molecule has 3 rings (SSSR count). The number of hydrogen-bond donors (Lipinski definition) is 2. The van der Waals surface area contributed by atoms with Gasteiger partial charge in [-0.1, -0.05) is 6.07 Å². The molecule has 7 heteroatoms. The fraction of sp³-hybridized carbons (Fsp3) is 0.200. The predicted molar refractivity (Wildman–Crippen MR) is 101 cm³/mol. The van der Waals surface area contributed by atoms with Gasteiger partial charge in [-0.3, -0.25) is 4.79 Å². The maximum absolute atomic E-state index is 12.8. The molecule has 2 heterocycles. The van der Waals surface area contributed by atoms with Crippen molar-refractivity contribution in [3.05, 3.63) is 64.5 Å². The van der Waals surface area contributed by atoms with Gasteiger partial charge < -0.3 is 15.3 Å². The third-order valence-electron chi connectivity index (χ3n) is 4.32. The molecule has 1 aliphatic rings. The molecule has 0 spiro atoms. The summed E-state index contributed by atoms with van der Waals surface area (Å²) >= 11 is 0. The first-order valence-corrected chi connectivity index (χ1v) is 8.45. The van der Waals surface area contributed by atoms with Gasteiger partial charge >= 0.3 is 5.97 Å². The van der Waals surface area contributed by atoms with Gasteiger partial charge in [0.05, 0.1) is 22.9 Å². The topological polar surface area (TPSA) is 106 Å². The largest absolute Gasteiger partial charge is 0.478 e. The highest BCUT2D eigenvalue weighted by atomic mass is 16.4. The van der Waals surface area contributed by atoms with E-state index in [1.54, 1.807) is 6.20 Å². The molecule has 0 radical (unpaired) electrons. The average Bonchev–Trinajstić information content (AvgIpc) is 2.67. The van der Waals surface area contributed by atoms with Crippen molar-refractivity contribution in [1.82, 2.24) is 4.98 Å². The third kappa shape index (κ3) is 3.65. The zero-order valence-electron chi connectivity index (χ0n) is 15.0. The van der Waals surface area contributed by atoms with Crippen LogP contribution in [0.15, 0.2) is 42.1 Å². The van der Waals surface area contributed by atoms with E-state index in [0.717, 1.165) is 17.1 Å². The Morgan fingerprint density at radius 3 is 2.78 bits per heavy atom. The molecule has 1 aliphatic heterocycles. The quantitative estimate of drug-likeness (QED) is 0.866. The van der Waals surface area contributed by atoms with Crippen molar-refractivity contribution >= 4 is 23.4 Å². The maximum atomic E-state index is 12.8. The number of amides is 1. The molecule has 1 amide bonds. The maximum Gasteiger partial charge on any atom is 0.337 e. The summed E-state index contributed by atoms with van der Waals surface area (Å²) in [7, 11) is 0. The number of fused-ring (bicyclic) bond motifs is 1. The normalized spacial score (nSPS) is 12.6. The molecule has 0 bridgehead atoms. The lowest BCUT2D eigenvalue weighted by molar-refractivity contribution is -0.113. The Morgan fingerprint density at radius 2 is 2.11 bits per heavy atom. The van der Waals surface area contributed by atoms with Crippen LogP contribution in [0.3, 0.4) is 0 Å². The second-order valence-corrected chi connectivity index (χ2v) is 6.18. The Hall–Kier alpha value is -3.66. The van der Waals surface area contributed by atoms with Crippen molar-refractivity contribution in [3.63, 3.8) is 0 Å². The highest BCUT2D eigenvalue weighted by molar-refractivity contribution is 6.08. The molecule has 0 saturated heterocycles. The van der Waals surface area contributed by atoms with Gasteiger partial charge in [0, 0.05) is 30.4 Å². The van der Waals surface area contributed by atoms with Gasteiger partial charge in [-0.2, -0.15) is 5.26 Å². The molecule has 0 saturated carbocycles. The van der Waals surface area contributed by atoms with E-state index in [2.05, 4.69) is 10.3 Å². The van der Waals surface area contributed by atoms with Gasteiger partial charge in [0.15, 0.2) is 0 Å². The van der Waals surface area contributed by atoms with Crippen LogP contribution < -0.4 is 10.2 Å². The van der Waals surface area contributed by atoms with Crippen LogP contribution >= 0.6 is 0 Å². The number of benzene rings is 1. The molecule has 2 aromatic rings. The number of nitrogens with one attached hydrogen (secondary N) is 1. The summed E-state index contributed by atoms with van der Waals surface area (Å²) in [5.74, 6) is -0.759. The number of pyridine rings is 1.